The summed E-state index contributed by atoms with van der Waals surface area (Å²) in [6.07, 6.45) is 1.18. The fourth-order valence-corrected chi connectivity index (χ4v) is 2.86. The summed E-state index contributed by atoms with van der Waals surface area (Å²) in [6.45, 7) is 0.733. The second-order valence-electron chi connectivity index (χ2n) is 4.89. The first-order valence-corrected chi connectivity index (χ1v) is 6.17. The molecule has 2 unspecified atom stereocenters. The van der Waals surface area contributed by atoms with Crippen molar-refractivity contribution in [2.45, 2.75) is 17.8 Å². The molecule has 17 heavy (non-hydrogen) atoms. The van der Waals surface area contributed by atoms with Crippen LogP contribution in [0, 0.1) is 0 Å². The molecule has 2 N–H and O–H groups in total. The summed E-state index contributed by atoms with van der Waals surface area (Å²) >= 11 is 0. The van der Waals surface area contributed by atoms with Gasteiger partial charge in [0.1, 0.15) is 0 Å². The van der Waals surface area contributed by atoms with Crippen molar-refractivity contribution < 1.29 is 0 Å². The van der Waals surface area contributed by atoms with Crippen molar-refractivity contribution in [3.05, 3.63) is 71.8 Å². The fourth-order valence-electron chi connectivity index (χ4n) is 2.86. The van der Waals surface area contributed by atoms with Gasteiger partial charge in [-0.2, -0.15) is 0 Å². The number of nitrogens with two attached hydrogens (primary N) is 1. The van der Waals surface area contributed by atoms with Gasteiger partial charge in [-0.25, -0.2) is 0 Å². The van der Waals surface area contributed by atoms with Crippen LogP contribution in [0.15, 0.2) is 60.7 Å². The van der Waals surface area contributed by atoms with E-state index < -0.39 is 0 Å². The maximum absolute atomic E-state index is 6.03. The van der Waals surface area contributed by atoms with Crippen LogP contribution >= 0.6 is 0 Å². The lowest BCUT2D eigenvalue weighted by atomic mass is 9.91. The van der Waals surface area contributed by atoms with Crippen molar-refractivity contribution in [3.63, 3.8) is 0 Å². The van der Waals surface area contributed by atoms with Crippen molar-refractivity contribution in [1.29, 1.82) is 0 Å². The minimum Gasteiger partial charge on any atom is -0.330 e. The molecule has 1 saturated carbocycles. The van der Waals surface area contributed by atoms with Crippen molar-refractivity contribution in [1.82, 2.24) is 0 Å². The molecule has 0 radical (unpaired) electrons. The zero-order chi connectivity index (χ0) is 11.7. The molecule has 0 spiro atoms. The minimum absolute atomic E-state index is 0.183. The Kier molecular flexibility index (Phi) is 2.49. The van der Waals surface area contributed by atoms with Crippen LogP contribution in [-0.4, -0.2) is 6.54 Å². The van der Waals surface area contributed by atoms with E-state index >= 15 is 0 Å². The van der Waals surface area contributed by atoms with Crippen LogP contribution in [0.2, 0.25) is 0 Å². The molecular weight excluding hydrogens is 206 g/mol. The molecule has 0 aromatic heterocycles. The van der Waals surface area contributed by atoms with Gasteiger partial charge in [0, 0.05) is 12.0 Å². The van der Waals surface area contributed by atoms with Gasteiger partial charge in [0.05, 0.1) is 0 Å². The topological polar surface area (TPSA) is 26.0 Å². The maximum atomic E-state index is 6.03. The highest BCUT2D eigenvalue weighted by molar-refractivity contribution is 5.43. The molecule has 2 aromatic rings. The smallest absolute Gasteiger partial charge is 0.0150 e. The molecule has 1 aliphatic carbocycles. The second-order valence-corrected chi connectivity index (χ2v) is 4.89. The first kappa shape index (κ1) is 10.5. The first-order chi connectivity index (χ1) is 8.37. The average molecular weight is 223 g/mol. The van der Waals surface area contributed by atoms with Crippen LogP contribution in [0.3, 0.4) is 0 Å². The first-order valence-electron chi connectivity index (χ1n) is 6.17. The van der Waals surface area contributed by atoms with E-state index in [1.807, 2.05) is 0 Å². The fraction of sp³-hybridized carbons (Fsp3) is 0.250. The molecule has 0 amide bonds. The van der Waals surface area contributed by atoms with Crippen LogP contribution in [-0.2, 0) is 5.41 Å². The van der Waals surface area contributed by atoms with E-state index in [1.165, 1.54) is 17.5 Å². The highest BCUT2D eigenvalue weighted by Gasteiger charge is 2.54. The Hall–Kier alpha value is -1.60. The van der Waals surface area contributed by atoms with Gasteiger partial charge in [0.15, 0.2) is 0 Å². The summed E-state index contributed by atoms with van der Waals surface area (Å²) in [5, 5.41) is 0. The van der Waals surface area contributed by atoms with E-state index in [4.69, 9.17) is 5.73 Å². The summed E-state index contributed by atoms with van der Waals surface area (Å²) in [5.41, 5.74) is 9.02. The molecule has 0 saturated heterocycles. The van der Waals surface area contributed by atoms with Crippen LogP contribution in [0.1, 0.15) is 23.5 Å². The molecule has 86 valence electrons. The Balaban J connectivity index is 1.94. The molecule has 0 aliphatic heterocycles. The third-order valence-electron chi connectivity index (χ3n) is 3.99. The van der Waals surface area contributed by atoms with E-state index in [9.17, 15) is 0 Å². The Labute approximate surface area is 102 Å². The standard InChI is InChI=1S/C16H17N/c17-12-16(14-9-5-2-6-10-14)11-15(16)13-7-3-1-4-8-13/h1-10,15H,11-12,17H2. The van der Waals surface area contributed by atoms with E-state index in [-0.39, 0.29) is 5.41 Å². The van der Waals surface area contributed by atoms with E-state index in [0.29, 0.717) is 5.92 Å². The molecule has 0 bridgehead atoms. The van der Waals surface area contributed by atoms with E-state index in [1.54, 1.807) is 0 Å². The summed E-state index contributed by atoms with van der Waals surface area (Å²) in [4.78, 5) is 0. The summed E-state index contributed by atoms with van der Waals surface area (Å²) in [5.74, 6) is 0.594. The molecule has 1 nitrogen and oxygen atoms in total. The van der Waals surface area contributed by atoms with Gasteiger partial charge in [-0.1, -0.05) is 60.7 Å². The van der Waals surface area contributed by atoms with Crippen molar-refractivity contribution in [2.24, 2.45) is 5.73 Å². The largest absolute Gasteiger partial charge is 0.330 e. The molecule has 3 rings (SSSR count). The Morgan fingerprint density at radius 3 is 2.12 bits per heavy atom. The Morgan fingerprint density at radius 1 is 0.941 bits per heavy atom. The number of hydrogen-bond acceptors (Lipinski definition) is 1. The Bertz CT molecular complexity index is 491. The number of benzene rings is 2. The van der Waals surface area contributed by atoms with Crippen LogP contribution in [0.25, 0.3) is 0 Å². The highest BCUT2D eigenvalue weighted by Crippen LogP contribution is 2.59. The Morgan fingerprint density at radius 2 is 1.53 bits per heavy atom. The normalized spacial score (nSPS) is 26.8. The maximum Gasteiger partial charge on any atom is 0.0150 e. The molecular formula is C16H17N. The van der Waals surface area contributed by atoms with Gasteiger partial charge in [0.2, 0.25) is 0 Å². The van der Waals surface area contributed by atoms with Crippen LogP contribution in [0.4, 0.5) is 0 Å². The lowest BCUT2D eigenvalue weighted by molar-refractivity contribution is 0.676. The molecule has 1 fully saturated rings. The summed E-state index contributed by atoms with van der Waals surface area (Å²) in [6, 6.07) is 21.4. The predicted octanol–water partition coefficient (Wildman–Crippen LogP) is 3.07. The van der Waals surface area contributed by atoms with E-state index in [2.05, 4.69) is 60.7 Å². The third kappa shape index (κ3) is 1.67. The van der Waals surface area contributed by atoms with Gasteiger partial charge in [-0.3, -0.25) is 0 Å². The SMILES string of the molecule is NCC1(c2ccccc2)CC1c1ccccc1. The molecule has 2 atom stereocenters. The monoisotopic (exact) mass is 223 g/mol. The van der Waals surface area contributed by atoms with Crippen LogP contribution < -0.4 is 5.73 Å². The van der Waals surface area contributed by atoms with Gasteiger partial charge in [-0.15, -0.1) is 0 Å². The number of rotatable bonds is 3. The van der Waals surface area contributed by atoms with Gasteiger partial charge >= 0.3 is 0 Å². The van der Waals surface area contributed by atoms with Crippen LogP contribution in [0.5, 0.6) is 0 Å². The lowest BCUT2D eigenvalue weighted by Gasteiger charge is -2.15. The van der Waals surface area contributed by atoms with Crippen molar-refractivity contribution >= 4 is 0 Å². The van der Waals surface area contributed by atoms with Crippen molar-refractivity contribution in [2.75, 3.05) is 6.54 Å². The highest BCUT2D eigenvalue weighted by atomic mass is 14.7. The molecule has 2 aromatic carbocycles. The zero-order valence-corrected chi connectivity index (χ0v) is 9.84. The second kappa shape index (κ2) is 4.01. The summed E-state index contributed by atoms with van der Waals surface area (Å²) in [7, 11) is 0. The predicted molar refractivity (Wildman–Crippen MR) is 71.0 cm³/mol. The number of hydrogen-bond donors (Lipinski definition) is 1. The van der Waals surface area contributed by atoms with Gasteiger partial charge in [0.25, 0.3) is 0 Å². The zero-order valence-electron chi connectivity index (χ0n) is 9.84. The molecule has 1 heteroatoms. The average Bonchev–Trinajstić information content (AvgIpc) is 3.17. The minimum atomic E-state index is 0.183. The van der Waals surface area contributed by atoms with Gasteiger partial charge < -0.3 is 5.73 Å². The van der Waals surface area contributed by atoms with E-state index in [0.717, 1.165) is 6.54 Å². The summed E-state index contributed by atoms with van der Waals surface area (Å²) < 4.78 is 0. The molecule has 1 aliphatic rings. The van der Waals surface area contributed by atoms with Gasteiger partial charge in [-0.05, 0) is 23.5 Å². The molecule has 0 heterocycles. The quantitative estimate of drug-likeness (QED) is 0.850. The third-order valence-corrected chi connectivity index (χ3v) is 3.99. The van der Waals surface area contributed by atoms with Crippen molar-refractivity contribution in [3.8, 4) is 0 Å². The lowest BCUT2D eigenvalue weighted by Crippen LogP contribution is -2.21.